The lowest BCUT2D eigenvalue weighted by molar-refractivity contribution is -0.114. The highest BCUT2D eigenvalue weighted by molar-refractivity contribution is 5.87. The summed E-state index contributed by atoms with van der Waals surface area (Å²) >= 11 is 0. The van der Waals surface area contributed by atoms with Gasteiger partial charge in [-0.1, -0.05) is 0 Å². The Hall–Kier alpha value is -2.97. The smallest absolute Gasteiger partial charge is 0.222 e. The standard InChI is InChI=1S/C14H16N8O/c1-9(23)19-11-3-5-22(20-11)10-2-4-21(6-10)14-12-13(16-7-15-12)17-8-18-14/h3,5,7-8,10H,2,4,6H2,1H3,(H,19,20,23)(H,15,16,17,18). The van der Waals surface area contributed by atoms with Crippen LogP contribution in [0.15, 0.2) is 24.9 Å². The number of rotatable bonds is 3. The number of aromatic amines is 1. The molecule has 1 aliphatic rings. The summed E-state index contributed by atoms with van der Waals surface area (Å²) in [5, 5.41) is 7.11. The number of H-pyrrole nitrogens is 1. The van der Waals surface area contributed by atoms with Gasteiger partial charge in [-0.05, 0) is 6.42 Å². The molecule has 1 unspecified atom stereocenters. The molecule has 1 fully saturated rings. The molecule has 1 atom stereocenters. The third-order valence-electron chi connectivity index (χ3n) is 3.95. The lowest BCUT2D eigenvalue weighted by Gasteiger charge is -2.17. The number of nitrogens with zero attached hydrogens (tertiary/aromatic N) is 6. The summed E-state index contributed by atoms with van der Waals surface area (Å²) in [5.41, 5.74) is 1.53. The lowest BCUT2D eigenvalue weighted by Crippen LogP contribution is -2.22. The summed E-state index contributed by atoms with van der Waals surface area (Å²) < 4.78 is 1.90. The Morgan fingerprint density at radius 3 is 3.17 bits per heavy atom. The minimum absolute atomic E-state index is 0.120. The minimum atomic E-state index is -0.120. The van der Waals surface area contributed by atoms with Crippen molar-refractivity contribution < 1.29 is 4.79 Å². The zero-order valence-electron chi connectivity index (χ0n) is 12.6. The van der Waals surface area contributed by atoms with Crippen molar-refractivity contribution in [3.05, 3.63) is 24.9 Å². The van der Waals surface area contributed by atoms with Gasteiger partial charge in [0.25, 0.3) is 0 Å². The van der Waals surface area contributed by atoms with E-state index in [1.165, 1.54) is 13.3 Å². The van der Waals surface area contributed by atoms with E-state index in [1.807, 2.05) is 16.9 Å². The highest BCUT2D eigenvalue weighted by Gasteiger charge is 2.27. The molecule has 0 aromatic carbocycles. The molecule has 1 amide bonds. The summed E-state index contributed by atoms with van der Waals surface area (Å²) in [5.74, 6) is 1.32. The predicted molar refractivity (Wildman–Crippen MR) is 84.1 cm³/mol. The Kier molecular flexibility index (Phi) is 3.18. The van der Waals surface area contributed by atoms with Gasteiger partial charge in [0.15, 0.2) is 17.3 Å². The molecular formula is C14H16N8O. The molecule has 0 radical (unpaired) electrons. The van der Waals surface area contributed by atoms with Crippen LogP contribution in [0.1, 0.15) is 19.4 Å². The highest BCUT2D eigenvalue weighted by atomic mass is 16.1. The number of anilines is 2. The van der Waals surface area contributed by atoms with Crippen LogP contribution in [0.2, 0.25) is 0 Å². The Morgan fingerprint density at radius 1 is 1.39 bits per heavy atom. The van der Waals surface area contributed by atoms with Gasteiger partial charge in [-0.15, -0.1) is 0 Å². The average Bonchev–Trinajstić information content (AvgIpc) is 3.26. The van der Waals surface area contributed by atoms with Gasteiger partial charge in [-0.25, -0.2) is 15.0 Å². The first-order chi connectivity index (χ1) is 11.2. The molecular weight excluding hydrogens is 296 g/mol. The van der Waals surface area contributed by atoms with E-state index in [1.54, 1.807) is 6.33 Å². The van der Waals surface area contributed by atoms with E-state index in [-0.39, 0.29) is 11.9 Å². The highest BCUT2D eigenvalue weighted by Crippen LogP contribution is 2.28. The van der Waals surface area contributed by atoms with E-state index in [9.17, 15) is 4.79 Å². The van der Waals surface area contributed by atoms with Gasteiger partial charge in [-0.3, -0.25) is 9.48 Å². The second-order valence-corrected chi connectivity index (χ2v) is 5.55. The van der Waals surface area contributed by atoms with Crippen molar-refractivity contribution in [2.75, 3.05) is 23.3 Å². The van der Waals surface area contributed by atoms with Gasteiger partial charge in [0, 0.05) is 32.3 Å². The summed E-state index contributed by atoms with van der Waals surface area (Å²) in [4.78, 5) is 29.1. The van der Waals surface area contributed by atoms with Gasteiger partial charge in [-0.2, -0.15) is 5.10 Å². The maximum Gasteiger partial charge on any atom is 0.222 e. The fourth-order valence-corrected chi connectivity index (χ4v) is 2.93. The first-order valence-electron chi connectivity index (χ1n) is 7.42. The number of amides is 1. The van der Waals surface area contributed by atoms with Crippen molar-refractivity contribution in [1.29, 1.82) is 0 Å². The molecule has 23 heavy (non-hydrogen) atoms. The molecule has 9 nitrogen and oxygen atoms in total. The number of nitrogens with one attached hydrogen (secondary N) is 2. The van der Waals surface area contributed by atoms with Crippen LogP contribution in [0.5, 0.6) is 0 Å². The lowest BCUT2D eigenvalue weighted by atomic mass is 10.3. The quantitative estimate of drug-likeness (QED) is 0.746. The van der Waals surface area contributed by atoms with Crippen LogP contribution in [-0.4, -0.2) is 48.7 Å². The van der Waals surface area contributed by atoms with E-state index in [4.69, 9.17) is 0 Å². The largest absolute Gasteiger partial charge is 0.352 e. The molecule has 9 heteroatoms. The maximum atomic E-state index is 11.1. The van der Waals surface area contributed by atoms with Gasteiger partial charge in [0.05, 0.1) is 12.4 Å². The summed E-state index contributed by atoms with van der Waals surface area (Å²) in [7, 11) is 0. The number of fused-ring (bicyclic) bond motifs is 1. The average molecular weight is 312 g/mol. The third-order valence-corrected chi connectivity index (χ3v) is 3.95. The number of carbonyl (C=O) groups is 1. The van der Waals surface area contributed by atoms with Crippen molar-refractivity contribution in [2.24, 2.45) is 0 Å². The second kappa shape index (κ2) is 5.34. The van der Waals surface area contributed by atoms with E-state index < -0.39 is 0 Å². The van der Waals surface area contributed by atoms with Crippen LogP contribution in [0.3, 0.4) is 0 Å². The summed E-state index contributed by atoms with van der Waals surface area (Å²) in [6.07, 6.45) is 6.02. The SMILES string of the molecule is CC(=O)Nc1ccn(C2CCN(c3ncnc4nc[nH]c34)C2)n1. The van der Waals surface area contributed by atoms with Gasteiger partial charge in [0.1, 0.15) is 11.8 Å². The molecule has 3 aromatic rings. The third kappa shape index (κ3) is 2.50. The summed E-state index contributed by atoms with van der Waals surface area (Å²) in [6.45, 7) is 3.15. The number of imidazole rings is 1. The first-order valence-corrected chi connectivity index (χ1v) is 7.42. The van der Waals surface area contributed by atoms with Gasteiger partial charge < -0.3 is 15.2 Å². The number of aromatic nitrogens is 6. The van der Waals surface area contributed by atoms with Gasteiger partial charge >= 0.3 is 0 Å². The molecule has 0 spiro atoms. The zero-order valence-corrected chi connectivity index (χ0v) is 12.6. The molecule has 0 saturated carbocycles. The number of hydrogen-bond acceptors (Lipinski definition) is 6. The fourth-order valence-electron chi connectivity index (χ4n) is 2.93. The van der Waals surface area contributed by atoms with Crippen LogP contribution in [0, 0.1) is 0 Å². The molecule has 3 aromatic heterocycles. The molecule has 0 aliphatic carbocycles. The van der Waals surface area contributed by atoms with E-state index in [0.29, 0.717) is 11.5 Å². The molecule has 0 bridgehead atoms. The Bertz CT molecular complexity index is 853. The normalized spacial score (nSPS) is 17.8. The second-order valence-electron chi connectivity index (χ2n) is 5.55. The van der Waals surface area contributed by atoms with Crippen molar-refractivity contribution >= 4 is 28.7 Å². The molecule has 4 rings (SSSR count). The Balaban J connectivity index is 1.54. The Labute approximate surface area is 131 Å². The van der Waals surface area contributed by atoms with Crippen molar-refractivity contribution in [3.63, 3.8) is 0 Å². The monoisotopic (exact) mass is 312 g/mol. The molecule has 1 aliphatic heterocycles. The maximum absolute atomic E-state index is 11.1. The number of hydrogen-bond donors (Lipinski definition) is 2. The topological polar surface area (TPSA) is 105 Å². The van der Waals surface area contributed by atoms with Crippen molar-refractivity contribution in [3.8, 4) is 0 Å². The van der Waals surface area contributed by atoms with E-state index in [2.05, 4.69) is 35.3 Å². The van der Waals surface area contributed by atoms with Crippen LogP contribution >= 0.6 is 0 Å². The first kappa shape index (κ1) is 13.7. The van der Waals surface area contributed by atoms with Crippen LogP contribution in [0.25, 0.3) is 11.2 Å². The Morgan fingerprint density at radius 2 is 2.30 bits per heavy atom. The predicted octanol–water partition coefficient (Wildman–Crippen LogP) is 0.959. The molecule has 4 heterocycles. The van der Waals surface area contributed by atoms with Crippen molar-refractivity contribution in [1.82, 2.24) is 29.7 Å². The number of carbonyl (C=O) groups excluding carboxylic acids is 1. The van der Waals surface area contributed by atoms with Crippen LogP contribution < -0.4 is 10.2 Å². The molecule has 118 valence electrons. The molecule has 1 saturated heterocycles. The minimum Gasteiger partial charge on any atom is -0.352 e. The van der Waals surface area contributed by atoms with Gasteiger partial charge in [0.2, 0.25) is 5.91 Å². The van der Waals surface area contributed by atoms with E-state index >= 15 is 0 Å². The zero-order chi connectivity index (χ0) is 15.8. The van der Waals surface area contributed by atoms with Crippen LogP contribution in [-0.2, 0) is 4.79 Å². The van der Waals surface area contributed by atoms with Crippen molar-refractivity contribution in [2.45, 2.75) is 19.4 Å². The molecule has 2 N–H and O–H groups in total. The fraction of sp³-hybridized carbons (Fsp3) is 0.357. The summed E-state index contributed by atoms with van der Waals surface area (Å²) in [6, 6.07) is 2.05. The van der Waals surface area contributed by atoms with Crippen LogP contribution in [0.4, 0.5) is 11.6 Å². The van der Waals surface area contributed by atoms with E-state index in [0.717, 1.165) is 30.8 Å².